The molecule has 70 valence electrons. The molecule has 0 aliphatic heterocycles. The van der Waals surface area contributed by atoms with Gasteiger partial charge in [0.2, 0.25) is 0 Å². The molecule has 1 aliphatic carbocycles. The number of amides is 1. The Morgan fingerprint density at radius 3 is 2.75 bits per heavy atom. The zero-order chi connectivity index (χ0) is 8.97. The smallest absolute Gasteiger partial charge is 0.409 e. The molecular weight excluding hydrogens is 156 g/mol. The number of ether oxygens (including phenoxy) is 1. The van der Waals surface area contributed by atoms with Crippen molar-refractivity contribution in [3.63, 3.8) is 0 Å². The summed E-state index contributed by atoms with van der Waals surface area (Å²) in [4.78, 5) is 12.7. The topological polar surface area (TPSA) is 55.6 Å². The Labute approximate surface area is 72.7 Å². The highest BCUT2D eigenvalue weighted by molar-refractivity contribution is 5.67. The van der Waals surface area contributed by atoms with Crippen LogP contribution in [0, 0.1) is 0 Å². The highest BCUT2D eigenvalue weighted by Crippen LogP contribution is 2.22. The molecule has 0 aromatic rings. The molecule has 0 bridgehead atoms. The lowest BCUT2D eigenvalue weighted by Crippen LogP contribution is -2.36. The quantitative estimate of drug-likeness (QED) is 0.677. The standard InChI is InChI=1S/C8H16N2O2/c1-10(6-5-9)8(11)12-7-3-2-4-7/h7H,2-6,9H2,1H3. The molecular formula is C8H16N2O2. The van der Waals surface area contributed by atoms with Crippen molar-refractivity contribution >= 4 is 6.09 Å². The van der Waals surface area contributed by atoms with Crippen LogP contribution in [0.25, 0.3) is 0 Å². The Morgan fingerprint density at radius 1 is 1.67 bits per heavy atom. The molecule has 0 heterocycles. The van der Waals surface area contributed by atoms with E-state index in [2.05, 4.69) is 0 Å². The van der Waals surface area contributed by atoms with Crippen molar-refractivity contribution in [1.82, 2.24) is 4.90 Å². The molecule has 1 amide bonds. The summed E-state index contributed by atoms with van der Waals surface area (Å²) in [5, 5.41) is 0. The SMILES string of the molecule is CN(CCN)C(=O)OC1CCC1. The third kappa shape index (κ3) is 2.37. The summed E-state index contributed by atoms with van der Waals surface area (Å²) in [6.07, 6.45) is 3.13. The molecule has 1 aliphatic rings. The zero-order valence-electron chi connectivity index (χ0n) is 7.45. The maximum Gasteiger partial charge on any atom is 0.409 e. The number of nitrogens with zero attached hydrogens (tertiary/aromatic N) is 1. The van der Waals surface area contributed by atoms with Gasteiger partial charge in [-0.2, -0.15) is 0 Å². The molecule has 12 heavy (non-hydrogen) atoms. The van der Waals surface area contributed by atoms with E-state index in [1.807, 2.05) is 0 Å². The van der Waals surface area contributed by atoms with Crippen LogP contribution in [0.2, 0.25) is 0 Å². The van der Waals surface area contributed by atoms with E-state index in [0.717, 1.165) is 12.8 Å². The average Bonchev–Trinajstić information content (AvgIpc) is 1.97. The lowest BCUT2D eigenvalue weighted by molar-refractivity contribution is 0.0319. The molecule has 0 aromatic heterocycles. The van der Waals surface area contributed by atoms with Gasteiger partial charge in [-0.25, -0.2) is 4.79 Å². The average molecular weight is 172 g/mol. The Kier molecular flexibility index (Phi) is 3.34. The number of rotatable bonds is 3. The van der Waals surface area contributed by atoms with Crippen LogP contribution in [0.4, 0.5) is 4.79 Å². The van der Waals surface area contributed by atoms with Gasteiger partial charge in [0.15, 0.2) is 0 Å². The summed E-state index contributed by atoms with van der Waals surface area (Å²) in [5.41, 5.74) is 5.30. The van der Waals surface area contributed by atoms with Crippen LogP contribution in [0.3, 0.4) is 0 Å². The highest BCUT2D eigenvalue weighted by Gasteiger charge is 2.22. The Bertz CT molecular complexity index is 157. The van der Waals surface area contributed by atoms with E-state index in [1.54, 1.807) is 7.05 Å². The monoisotopic (exact) mass is 172 g/mol. The first-order chi connectivity index (χ1) is 5.74. The van der Waals surface area contributed by atoms with Crippen molar-refractivity contribution in [2.45, 2.75) is 25.4 Å². The normalized spacial score (nSPS) is 16.8. The molecule has 4 heteroatoms. The summed E-state index contributed by atoms with van der Waals surface area (Å²) in [6, 6.07) is 0. The summed E-state index contributed by atoms with van der Waals surface area (Å²) < 4.78 is 5.13. The van der Waals surface area contributed by atoms with Gasteiger partial charge < -0.3 is 15.4 Å². The summed E-state index contributed by atoms with van der Waals surface area (Å²) in [7, 11) is 1.70. The number of likely N-dealkylation sites (N-methyl/N-ethyl adjacent to an activating group) is 1. The van der Waals surface area contributed by atoms with Crippen molar-refractivity contribution < 1.29 is 9.53 Å². The van der Waals surface area contributed by atoms with Gasteiger partial charge in [0.1, 0.15) is 6.10 Å². The van der Waals surface area contributed by atoms with E-state index in [-0.39, 0.29) is 12.2 Å². The third-order valence-corrected chi connectivity index (χ3v) is 2.10. The molecule has 0 saturated heterocycles. The van der Waals surface area contributed by atoms with Gasteiger partial charge in [0, 0.05) is 20.1 Å². The van der Waals surface area contributed by atoms with E-state index < -0.39 is 0 Å². The zero-order valence-corrected chi connectivity index (χ0v) is 7.45. The van der Waals surface area contributed by atoms with E-state index in [1.165, 1.54) is 11.3 Å². The third-order valence-electron chi connectivity index (χ3n) is 2.10. The maximum atomic E-state index is 11.2. The molecule has 0 spiro atoms. The predicted octanol–water partition coefficient (Wildman–Crippen LogP) is 0.566. The van der Waals surface area contributed by atoms with Crippen LogP contribution in [0.5, 0.6) is 0 Å². The number of carbonyl (C=O) groups is 1. The molecule has 0 atom stereocenters. The maximum absolute atomic E-state index is 11.2. The number of carbonyl (C=O) groups excluding carboxylic acids is 1. The summed E-state index contributed by atoms with van der Waals surface area (Å²) in [5.74, 6) is 0. The van der Waals surface area contributed by atoms with Crippen molar-refractivity contribution in [1.29, 1.82) is 0 Å². The van der Waals surface area contributed by atoms with Crippen LogP contribution in [0.1, 0.15) is 19.3 Å². The predicted molar refractivity (Wildman–Crippen MR) is 45.8 cm³/mol. The molecule has 0 radical (unpaired) electrons. The number of nitrogens with two attached hydrogens (primary N) is 1. The largest absolute Gasteiger partial charge is 0.446 e. The highest BCUT2D eigenvalue weighted by atomic mass is 16.6. The van der Waals surface area contributed by atoms with Crippen molar-refractivity contribution in [2.24, 2.45) is 5.73 Å². The first-order valence-electron chi connectivity index (χ1n) is 4.36. The second-order valence-electron chi connectivity index (χ2n) is 3.15. The van der Waals surface area contributed by atoms with Gasteiger partial charge in [-0.05, 0) is 19.3 Å². The van der Waals surface area contributed by atoms with Crippen LogP contribution >= 0.6 is 0 Å². The van der Waals surface area contributed by atoms with Gasteiger partial charge in [-0.1, -0.05) is 0 Å². The van der Waals surface area contributed by atoms with E-state index in [9.17, 15) is 4.79 Å². The molecule has 0 aromatic carbocycles. The molecule has 4 nitrogen and oxygen atoms in total. The molecule has 1 fully saturated rings. The van der Waals surface area contributed by atoms with Crippen molar-refractivity contribution in [2.75, 3.05) is 20.1 Å². The van der Waals surface area contributed by atoms with E-state index in [0.29, 0.717) is 13.1 Å². The second-order valence-corrected chi connectivity index (χ2v) is 3.15. The van der Waals surface area contributed by atoms with Gasteiger partial charge >= 0.3 is 6.09 Å². The Balaban J connectivity index is 2.16. The minimum Gasteiger partial charge on any atom is -0.446 e. The Morgan fingerprint density at radius 2 is 2.33 bits per heavy atom. The van der Waals surface area contributed by atoms with Crippen LogP contribution in [-0.2, 0) is 4.74 Å². The van der Waals surface area contributed by atoms with Crippen molar-refractivity contribution in [3.05, 3.63) is 0 Å². The van der Waals surface area contributed by atoms with Crippen molar-refractivity contribution in [3.8, 4) is 0 Å². The fourth-order valence-electron chi connectivity index (χ4n) is 1.01. The van der Waals surface area contributed by atoms with Gasteiger partial charge in [-0.3, -0.25) is 0 Å². The van der Waals surface area contributed by atoms with Gasteiger partial charge in [-0.15, -0.1) is 0 Å². The van der Waals surface area contributed by atoms with Crippen LogP contribution < -0.4 is 5.73 Å². The second kappa shape index (κ2) is 4.30. The molecule has 1 saturated carbocycles. The summed E-state index contributed by atoms with van der Waals surface area (Å²) in [6.45, 7) is 1.04. The Hall–Kier alpha value is -0.770. The molecule has 0 unspecified atom stereocenters. The van der Waals surface area contributed by atoms with Gasteiger partial charge in [0.25, 0.3) is 0 Å². The van der Waals surface area contributed by atoms with Gasteiger partial charge in [0.05, 0.1) is 0 Å². The first kappa shape index (κ1) is 9.32. The molecule has 1 rings (SSSR count). The summed E-state index contributed by atoms with van der Waals surface area (Å²) >= 11 is 0. The van der Waals surface area contributed by atoms with E-state index in [4.69, 9.17) is 10.5 Å². The lowest BCUT2D eigenvalue weighted by atomic mass is 9.96. The first-order valence-corrected chi connectivity index (χ1v) is 4.36. The lowest BCUT2D eigenvalue weighted by Gasteiger charge is -2.27. The fourth-order valence-corrected chi connectivity index (χ4v) is 1.01. The molecule has 2 N–H and O–H groups in total. The van der Waals surface area contributed by atoms with E-state index >= 15 is 0 Å². The number of hydrogen-bond donors (Lipinski definition) is 1. The number of hydrogen-bond acceptors (Lipinski definition) is 3. The minimum absolute atomic E-state index is 0.165. The fraction of sp³-hybridized carbons (Fsp3) is 0.875. The van der Waals surface area contributed by atoms with Crippen LogP contribution in [0.15, 0.2) is 0 Å². The van der Waals surface area contributed by atoms with Crippen LogP contribution in [-0.4, -0.2) is 37.2 Å². The minimum atomic E-state index is -0.245.